The summed E-state index contributed by atoms with van der Waals surface area (Å²) in [6.07, 6.45) is 14.6. The summed E-state index contributed by atoms with van der Waals surface area (Å²) in [4.78, 5) is 2.98. The van der Waals surface area contributed by atoms with Crippen LogP contribution < -0.4 is 0 Å². The highest BCUT2D eigenvalue weighted by Crippen LogP contribution is 2.29. The van der Waals surface area contributed by atoms with Crippen molar-refractivity contribution in [3.05, 3.63) is 95.6 Å². The monoisotopic (exact) mass is 648 g/mol. The first kappa shape index (κ1) is 34.6. The molecule has 9 heteroatoms. The molecule has 48 heavy (non-hydrogen) atoms. The predicted octanol–water partition coefficient (Wildman–Crippen LogP) is 8.56. The van der Waals surface area contributed by atoms with E-state index in [1.165, 1.54) is 62.6 Å². The van der Waals surface area contributed by atoms with Crippen molar-refractivity contribution >= 4 is 22.1 Å². The summed E-state index contributed by atoms with van der Waals surface area (Å²) in [5.41, 5.74) is 7.46. The Morgan fingerprint density at radius 2 is 1.06 bits per heavy atom. The fourth-order valence-corrected chi connectivity index (χ4v) is 5.93. The fourth-order valence-electron chi connectivity index (χ4n) is 5.93. The van der Waals surface area contributed by atoms with Crippen molar-refractivity contribution in [2.75, 3.05) is 6.61 Å². The standard InChI is InChI=1S/C25H35N3O.C14H13N3O2/c1-3-4-5-6-7-8-9-10-11-12-15-21-18-20(2)19-24(25(21)29)28-26-22-16-13-14-17-23(22)27-28;18-8-7-10-5-6-14(19)13(9-10)17-15-11-3-1-2-4-12(11)16-17/h13-14,16-19,29H,3-12,15H2,1-2H3;1-6,9,18-19H,7-8H2. The summed E-state index contributed by atoms with van der Waals surface area (Å²) >= 11 is 0. The topological polar surface area (TPSA) is 122 Å². The number of phenolic OH excluding ortho intramolecular Hbond substituents is 2. The Labute approximate surface area is 282 Å². The molecule has 0 spiro atoms. The molecule has 2 heterocycles. The summed E-state index contributed by atoms with van der Waals surface area (Å²) in [5, 5.41) is 47.4. The van der Waals surface area contributed by atoms with Gasteiger partial charge in [-0.1, -0.05) is 101 Å². The average molecular weight is 649 g/mol. The second-order valence-corrected chi connectivity index (χ2v) is 12.5. The number of hydrogen-bond donors (Lipinski definition) is 3. The average Bonchev–Trinajstić information content (AvgIpc) is 3.73. The number of phenols is 2. The number of aliphatic hydroxyl groups excluding tert-OH is 1. The zero-order chi connectivity index (χ0) is 33.7. The summed E-state index contributed by atoms with van der Waals surface area (Å²) in [7, 11) is 0. The van der Waals surface area contributed by atoms with Crippen LogP contribution in [-0.2, 0) is 12.8 Å². The molecule has 0 atom stereocenters. The van der Waals surface area contributed by atoms with E-state index in [2.05, 4.69) is 40.3 Å². The van der Waals surface area contributed by atoms with Crippen LogP contribution in [0.5, 0.6) is 11.5 Å². The highest BCUT2D eigenvalue weighted by Gasteiger charge is 2.14. The van der Waals surface area contributed by atoms with E-state index in [4.69, 9.17) is 5.11 Å². The molecule has 4 aromatic carbocycles. The lowest BCUT2D eigenvalue weighted by molar-refractivity contribution is 0.299. The first-order chi connectivity index (χ1) is 23.5. The minimum atomic E-state index is 0.0682. The van der Waals surface area contributed by atoms with Gasteiger partial charge in [-0.05, 0) is 85.3 Å². The first-order valence-electron chi connectivity index (χ1n) is 17.4. The highest BCUT2D eigenvalue weighted by molar-refractivity contribution is 5.74. The van der Waals surface area contributed by atoms with Crippen molar-refractivity contribution in [1.29, 1.82) is 0 Å². The van der Waals surface area contributed by atoms with Crippen molar-refractivity contribution in [3.63, 3.8) is 0 Å². The molecule has 0 aliphatic carbocycles. The van der Waals surface area contributed by atoms with Gasteiger partial charge in [0.15, 0.2) is 0 Å². The van der Waals surface area contributed by atoms with E-state index in [1.807, 2.05) is 54.6 Å². The molecule has 3 N–H and O–H groups in total. The second kappa shape index (κ2) is 17.4. The van der Waals surface area contributed by atoms with Crippen molar-refractivity contribution in [1.82, 2.24) is 30.0 Å². The van der Waals surface area contributed by atoms with Gasteiger partial charge >= 0.3 is 0 Å². The summed E-state index contributed by atoms with van der Waals surface area (Å²) < 4.78 is 0. The number of benzene rings is 4. The number of hydrogen-bond acceptors (Lipinski definition) is 7. The van der Waals surface area contributed by atoms with E-state index in [9.17, 15) is 10.2 Å². The van der Waals surface area contributed by atoms with Crippen LogP contribution in [0.15, 0.2) is 78.9 Å². The van der Waals surface area contributed by atoms with Crippen LogP contribution in [-0.4, -0.2) is 51.9 Å². The quantitative estimate of drug-likeness (QED) is 0.0954. The Kier molecular flexibility index (Phi) is 12.5. The SMILES string of the molecule is CCCCCCCCCCCCc1cc(C)cc(-n2nc3ccccc3n2)c1O.OCCc1ccc(O)c(-n2nc3ccccc3n2)c1. The first-order valence-corrected chi connectivity index (χ1v) is 17.4. The summed E-state index contributed by atoms with van der Waals surface area (Å²) in [6.45, 7) is 4.40. The lowest BCUT2D eigenvalue weighted by Gasteiger charge is -2.11. The van der Waals surface area contributed by atoms with Gasteiger partial charge in [0.05, 0.1) is 0 Å². The zero-order valence-electron chi connectivity index (χ0n) is 28.2. The Balaban J connectivity index is 0.000000204. The Hall–Kier alpha value is -4.76. The van der Waals surface area contributed by atoms with E-state index in [-0.39, 0.29) is 12.4 Å². The van der Waals surface area contributed by atoms with Gasteiger partial charge < -0.3 is 15.3 Å². The molecule has 0 saturated heterocycles. The van der Waals surface area contributed by atoms with Crippen LogP contribution in [0, 0.1) is 6.92 Å². The summed E-state index contributed by atoms with van der Waals surface area (Å²) in [6, 6.07) is 24.5. The van der Waals surface area contributed by atoms with Gasteiger partial charge in [0, 0.05) is 6.61 Å². The van der Waals surface area contributed by atoms with Crippen LogP contribution in [0.3, 0.4) is 0 Å². The second-order valence-electron chi connectivity index (χ2n) is 12.5. The molecule has 0 bridgehead atoms. The maximum atomic E-state index is 10.8. The van der Waals surface area contributed by atoms with Gasteiger partial charge in [0.25, 0.3) is 0 Å². The van der Waals surface area contributed by atoms with E-state index in [0.717, 1.165) is 51.6 Å². The molecule has 0 amide bonds. The van der Waals surface area contributed by atoms with E-state index >= 15 is 0 Å². The molecule has 6 rings (SSSR count). The highest BCUT2D eigenvalue weighted by atomic mass is 16.3. The van der Waals surface area contributed by atoms with Crippen molar-refractivity contribution < 1.29 is 15.3 Å². The molecule has 0 aliphatic rings. The maximum Gasteiger partial charge on any atom is 0.146 e. The Morgan fingerprint density at radius 3 is 1.58 bits per heavy atom. The van der Waals surface area contributed by atoms with Gasteiger partial charge in [-0.3, -0.25) is 0 Å². The van der Waals surface area contributed by atoms with E-state index in [1.54, 1.807) is 23.0 Å². The Bertz CT molecular complexity index is 1830. The third kappa shape index (κ3) is 9.19. The lowest BCUT2D eigenvalue weighted by Crippen LogP contribution is -2.02. The van der Waals surface area contributed by atoms with Crippen LogP contribution in [0.2, 0.25) is 0 Å². The van der Waals surface area contributed by atoms with Gasteiger partial charge in [0.2, 0.25) is 0 Å². The Morgan fingerprint density at radius 1 is 0.562 bits per heavy atom. The number of aromatic nitrogens is 6. The molecule has 0 radical (unpaired) electrons. The minimum absolute atomic E-state index is 0.0682. The molecule has 0 fully saturated rings. The molecule has 6 aromatic rings. The lowest BCUT2D eigenvalue weighted by atomic mass is 10.0. The van der Waals surface area contributed by atoms with Crippen LogP contribution in [0.25, 0.3) is 33.4 Å². The van der Waals surface area contributed by atoms with Crippen molar-refractivity contribution in [2.24, 2.45) is 0 Å². The molecule has 0 unspecified atom stereocenters. The van der Waals surface area contributed by atoms with Gasteiger partial charge in [-0.2, -0.15) is 0 Å². The number of unbranched alkanes of at least 4 members (excludes halogenated alkanes) is 9. The van der Waals surface area contributed by atoms with Crippen molar-refractivity contribution in [2.45, 2.75) is 90.9 Å². The molecular weight excluding hydrogens is 600 g/mol. The van der Waals surface area contributed by atoms with Crippen molar-refractivity contribution in [3.8, 4) is 22.9 Å². The molecular formula is C39H48N6O3. The normalized spacial score (nSPS) is 11.2. The molecule has 0 saturated carbocycles. The number of aromatic hydroxyl groups is 2. The zero-order valence-corrected chi connectivity index (χ0v) is 28.2. The number of rotatable bonds is 15. The van der Waals surface area contributed by atoms with Crippen LogP contribution in [0.1, 0.15) is 87.8 Å². The third-order valence-electron chi connectivity index (χ3n) is 8.56. The number of nitrogens with zero attached hydrogens (tertiary/aromatic N) is 6. The molecule has 9 nitrogen and oxygen atoms in total. The van der Waals surface area contributed by atoms with Gasteiger partial charge in [0.1, 0.15) is 44.9 Å². The number of aliphatic hydroxyl groups is 1. The van der Waals surface area contributed by atoms with E-state index < -0.39 is 0 Å². The molecule has 2 aromatic heterocycles. The van der Waals surface area contributed by atoms with Crippen LogP contribution >= 0.6 is 0 Å². The maximum absolute atomic E-state index is 10.8. The fraction of sp³-hybridized carbons (Fsp3) is 0.385. The van der Waals surface area contributed by atoms with Crippen LogP contribution in [0.4, 0.5) is 0 Å². The number of aryl methyl sites for hydroxylation is 2. The van der Waals surface area contributed by atoms with E-state index in [0.29, 0.717) is 23.5 Å². The molecule has 0 aliphatic heterocycles. The summed E-state index contributed by atoms with van der Waals surface area (Å²) in [5.74, 6) is 0.425. The predicted molar refractivity (Wildman–Crippen MR) is 192 cm³/mol. The molecule has 252 valence electrons. The smallest absolute Gasteiger partial charge is 0.146 e. The minimum Gasteiger partial charge on any atom is -0.506 e. The third-order valence-corrected chi connectivity index (χ3v) is 8.56. The van der Waals surface area contributed by atoms with Gasteiger partial charge in [-0.25, -0.2) is 0 Å². The van der Waals surface area contributed by atoms with Gasteiger partial charge in [-0.15, -0.1) is 30.0 Å². The largest absolute Gasteiger partial charge is 0.506 e. The number of fused-ring (bicyclic) bond motifs is 2.